The van der Waals surface area contributed by atoms with Crippen molar-refractivity contribution in [3.8, 4) is 0 Å². The Hall–Kier alpha value is -1.60. The molecule has 1 heterocycles. The number of carbonyl (C=O) groups is 2. The maximum absolute atomic E-state index is 12.5. The van der Waals surface area contributed by atoms with Gasteiger partial charge in [-0.15, -0.1) is 6.58 Å². The first kappa shape index (κ1) is 16.8. The zero-order chi connectivity index (χ0) is 16.1. The zero-order valence-corrected chi connectivity index (χ0v) is 14.3. The minimum absolute atomic E-state index is 0.0669. The van der Waals surface area contributed by atoms with E-state index in [1.54, 1.807) is 12.2 Å². The number of rotatable bonds is 6. The van der Waals surface area contributed by atoms with Crippen molar-refractivity contribution in [3.05, 3.63) is 35.4 Å². The summed E-state index contributed by atoms with van der Waals surface area (Å²) in [6.07, 6.45) is 7.93. The Labute approximate surface area is 143 Å². The van der Waals surface area contributed by atoms with Gasteiger partial charge in [-0.3, -0.25) is 14.5 Å². The third kappa shape index (κ3) is 3.98. The molecule has 7 heteroatoms. The number of aliphatic imine (C=N–C) groups is 1. The predicted molar refractivity (Wildman–Crippen MR) is 93.8 cm³/mol. The fraction of sp³-hybridized carbons (Fsp3) is 0.333. The van der Waals surface area contributed by atoms with Crippen molar-refractivity contribution in [1.82, 2.24) is 10.2 Å². The predicted octanol–water partition coefficient (Wildman–Crippen LogP) is 2.10. The first-order valence-corrected chi connectivity index (χ1v) is 8.10. The zero-order valence-electron chi connectivity index (χ0n) is 11.9. The molecule has 1 atom stereocenters. The molecule has 1 aliphatic carbocycles. The maximum atomic E-state index is 12.5. The van der Waals surface area contributed by atoms with Gasteiger partial charge in [0.15, 0.2) is 0 Å². The van der Waals surface area contributed by atoms with Crippen molar-refractivity contribution in [2.75, 3.05) is 13.1 Å². The molecule has 0 radical (unpaired) electrons. The number of nitrogens with one attached hydrogen (secondary N) is 1. The van der Waals surface area contributed by atoms with Crippen LogP contribution in [0.5, 0.6) is 0 Å². The fourth-order valence-electron chi connectivity index (χ4n) is 2.18. The van der Waals surface area contributed by atoms with Crippen molar-refractivity contribution in [2.24, 2.45) is 10.9 Å². The Kier molecular flexibility index (Phi) is 5.79. The summed E-state index contributed by atoms with van der Waals surface area (Å²) in [5, 5.41) is 2.96. The standard InChI is InChI=1S/C15H16BrN3O2S/c1-2-7-17-13(20)4-3-8-19-14(21)11-9-10(16)5-6-12(11)18-15(19)22/h2,5-6,9,11H,1,3-4,7-8H2,(H,17,20). The Morgan fingerprint density at radius 3 is 3.05 bits per heavy atom. The van der Waals surface area contributed by atoms with Gasteiger partial charge >= 0.3 is 0 Å². The summed E-state index contributed by atoms with van der Waals surface area (Å²) >= 11 is 8.55. The maximum Gasteiger partial charge on any atom is 0.241 e. The molecule has 22 heavy (non-hydrogen) atoms. The largest absolute Gasteiger partial charge is 0.353 e. The molecule has 2 rings (SSSR count). The van der Waals surface area contributed by atoms with E-state index in [4.69, 9.17) is 12.2 Å². The highest BCUT2D eigenvalue weighted by Gasteiger charge is 2.34. The quantitative estimate of drug-likeness (QED) is 0.565. The summed E-state index contributed by atoms with van der Waals surface area (Å²) in [5.74, 6) is -0.564. The van der Waals surface area contributed by atoms with E-state index in [-0.39, 0.29) is 16.9 Å². The van der Waals surface area contributed by atoms with Gasteiger partial charge in [-0.05, 0) is 30.8 Å². The van der Waals surface area contributed by atoms with Gasteiger partial charge in [0.2, 0.25) is 16.9 Å². The molecule has 2 aliphatic rings. The number of hydrogen-bond donors (Lipinski definition) is 1. The van der Waals surface area contributed by atoms with Crippen LogP contribution in [-0.4, -0.2) is 40.6 Å². The molecule has 0 aromatic rings. The van der Waals surface area contributed by atoms with E-state index < -0.39 is 5.92 Å². The number of hydrogen-bond acceptors (Lipinski definition) is 3. The molecule has 0 spiro atoms. The van der Waals surface area contributed by atoms with Crippen molar-refractivity contribution >= 4 is 50.8 Å². The van der Waals surface area contributed by atoms with Gasteiger partial charge in [0.05, 0.1) is 5.71 Å². The van der Waals surface area contributed by atoms with Gasteiger partial charge in [0.25, 0.3) is 0 Å². The van der Waals surface area contributed by atoms with Gasteiger partial charge in [-0.1, -0.05) is 28.1 Å². The number of thiocarbonyl (C=S) groups is 1. The highest BCUT2D eigenvalue weighted by atomic mass is 79.9. The van der Waals surface area contributed by atoms with Crippen LogP contribution in [0.3, 0.4) is 0 Å². The lowest BCUT2D eigenvalue weighted by Gasteiger charge is -2.30. The van der Waals surface area contributed by atoms with E-state index >= 15 is 0 Å². The second kappa shape index (κ2) is 7.60. The van der Waals surface area contributed by atoms with Gasteiger partial charge < -0.3 is 5.32 Å². The average molecular weight is 382 g/mol. The summed E-state index contributed by atoms with van der Waals surface area (Å²) in [6, 6.07) is 0. The lowest BCUT2D eigenvalue weighted by molar-refractivity contribution is -0.129. The van der Waals surface area contributed by atoms with E-state index in [0.717, 1.165) is 4.48 Å². The van der Waals surface area contributed by atoms with E-state index in [0.29, 0.717) is 31.6 Å². The second-order valence-corrected chi connectivity index (χ2v) is 6.15. The second-order valence-electron chi connectivity index (χ2n) is 4.87. The molecule has 0 bridgehead atoms. The summed E-state index contributed by atoms with van der Waals surface area (Å²) in [4.78, 5) is 29.8. The van der Waals surface area contributed by atoms with E-state index in [1.165, 1.54) is 4.90 Å². The van der Waals surface area contributed by atoms with Crippen LogP contribution in [0.15, 0.2) is 40.4 Å². The Morgan fingerprint density at radius 2 is 2.32 bits per heavy atom. The highest BCUT2D eigenvalue weighted by Crippen LogP contribution is 2.25. The van der Waals surface area contributed by atoms with Gasteiger partial charge in [0, 0.05) is 24.0 Å². The summed E-state index contributed by atoms with van der Waals surface area (Å²) in [5.41, 5.74) is 0.665. The molecule has 0 aromatic carbocycles. The van der Waals surface area contributed by atoms with E-state index in [1.807, 2.05) is 12.2 Å². The molecular formula is C15H16BrN3O2S. The minimum atomic E-state index is -0.402. The van der Waals surface area contributed by atoms with E-state index in [9.17, 15) is 9.59 Å². The van der Waals surface area contributed by atoms with Gasteiger partial charge in [-0.2, -0.15) is 0 Å². The number of fused-ring (bicyclic) bond motifs is 1. The highest BCUT2D eigenvalue weighted by molar-refractivity contribution is 9.11. The molecular weight excluding hydrogens is 366 g/mol. The van der Waals surface area contributed by atoms with Crippen molar-refractivity contribution in [3.63, 3.8) is 0 Å². The third-order valence-electron chi connectivity index (χ3n) is 3.27. The van der Waals surface area contributed by atoms with Crippen LogP contribution in [0.25, 0.3) is 0 Å². The van der Waals surface area contributed by atoms with Crippen LogP contribution in [-0.2, 0) is 9.59 Å². The van der Waals surface area contributed by atoms with Gasteiger partial charge in [0.1, 0.15) is 5.92 Å². The van der Waals surface area contributed by atoms with Crippen LogP contribution < -0.4 is 5.32 Å². The van der Waals surface area contributed by atoms with Crippen LogP contribution in [0.1, 0.15) is 12.8 Å². The normalized spacial score (nSPS) is 20.2. The first-order valence-electron chi connectivity index (χ1n) is 6.90. The van der Waals surface area contributed by atoms with Crippen LogP contribution in [0.4, 0.5) is 0 Å². The molecule has 2 amide bonds. The molecule has 0 saturated carbocycles. The number of nitrogens with zero attached hydrogens (tertiary/aromatic N) is 2. The molecule has 0 saturated heterocycles. The number of allylic oxidation sites excluding steroid dienone is 3. The third-order valence-corrected chi connectivity index (χ3v) is 4.12. The molecule has 1 aliphatic heterocycles. The smallest absolute Gasteiger partial charge is 0.241 e. The van der Waals surface area contributed by atoms with Crippen LogP contribution in [0.2, 0.25) is 0 Å². The summed E-state index contributed by atoms with van der Waals surface area (Å²) in [7, 11) is 0. The Bertz CT molecular complexity index is 610. The van der Waals surface area contributed by atoms with E-state index in [2.05, 4.69) is 32.8 Å². The summed E-state index contributed by atoms with van der Waals surface area (Å²) < 4.78 is 0.848. The molecule has 1 unspecified atom stereocenters. The lowest BCUT2D eigenvalue weighted by atomic mass is 9.95. The average Bonchev–Trinajstić information content (AvgIpc) is 2.49. The monoisotopic (exact) mass is 381 g/mol. The molecule has 5 nitrogen and oxygen atoms in total. The lowest BCUT2D eigenvalue weighted by Crippen LogP contribution is -2.46. The summed E-state index contributed by atoms with van der Waals surface area (Å²) in [6.45, 7) is 4.37. The molecule has 0 aromatic heterocycles. The van der Waals surface area contributed by atoms with Crippen molar-refractivity contribution in [2.45, 2.75) is 12.8 Å². The minimum Gasteiger partial charge on any atom is -0.353 e. The van der Waals surface area contributed by atoms with Crippen LogP contribution in [0, 0.1) is 5.92 Å². The molecule has 0 fully saturated rings. The topological polar surface area (TPSA) is 61.8 Å². The number of halogens is 1. The SMILES string of the molecule is C=CCNC(=O)CCCN1C(=O)C2C=C(Br)C=CC2=NC1=S. The Balaban J connectivity index is 1.95. The fourth-order valence-corrected chi connectivity index (χ4v) is 2.87. The van der Waals surface area contributed by atoms with Crippen molar-refractivity contribution < 1.29 is 9.59 Å². The molecule has 1 N–H and O–H groups in total. The van der Waals surface area contributed by atoms with Gasteiger partial charge in [-0.25, -0.2) is 4.99 Å². The van der Waals surface area contributed by atoms with Crippen LogP contribution >= 0.6 is 28.1 Å². The molecule has 116 valence electrons. The van der Waals surface area contributed by atoms with Crippen molar-refractivity contribution in [1.29, 1.82) is 0 Å². The first-order chi connectivity index (χ1) is 10.5. The Morgan fingerprint density at radius 1 is 1.55 bits per heavy atom. The number of amides is 2. The number of carbonyl (C=O) groups excluding carboxylic acids is 2.